The Labute approximate surface area is 119 Å². The minimum absolute atomic E-state index is 0.110. The number of carboxylic acid groups (broad SMARTS) is 1. The fourth-order valence-corrected chi connectivity index (χ4v) is 3.67. The van der Waals surface area contributed by atoms with Gasteiger partial charge < -0.3 is 10.4 Å². The number of carbonyl (C=O) groups is 2. The van der Waals surface area contributed by atoms with Crippen LogP contribution < -0.4 is 5.32 Å². The normalized spacial score (nSPS) is 22.5. The minimum Gasteiger partial charge on any atom is -0.480 e. The van der Waals surface area contributed by atoms with Crippen LogP contribution in [-0.4, -0.2) is 50.7 Å². The summed E-state index contributed by atoms with van der Waals surface area (Å²) in [5.41, 5.74) is 0. The topological polar surface area (TPSA) is 82.5 Å². The number of nitrogens with zero attached hydrogens (tertiary/aromatic N) is 2. The van der Waals surface area contributed by atoms with Gasteiger partial charge in [-0.15, -0.1) is 23.1 Å². The highest BCUT2D eigenvalue weighted by atomic mass is 32.2. The van der Waals surface area contributed by atoms with Crippen LogP contribution in [0.2, 0.25) is 0 Å². The van der Waals surface area contributed by atoms with Gasteiger partial charge in [-0.2, -0.15) is 0 Å². The lowest BCUT2D eigenvalue weighted by Crippen LogP contribution is -2.49. The Hall–Kier alpha value is -1.28. The van der Waals surface area contributed by atoms with Crippen LogP contribution in [0.1, 0.15) is 11.9 Å². The van der Waals surface area contributed by atoms with E-state index < -0.39 is 12.0 Å². The maximum absolute atomic E-state index is 12.0. The van der Waals surface area contributed by atoms with Crippen molar-refractivity contribution in [2.75, 3.05) is 12.3 Å². The van der Waals surface area contributed by atoms with E-state index in [2.05, 4.69) is 10.3 Å². The summed E-state index contributed by atoms with van der Waals surface area (Å²) in [4.78, 5) is 28.6. The molecule has 1 aliphatic rings. The Morgan fingerprint density at radius 3 is 3.05 bits per heavy atom. The van der Waals surface area contributed by atoms with E-state index in [1.54, 1.807) is 6.20 Å². The first-order valence-corrected chi connectivity index (χ1v) is 7.81. The number of rotatable bonds is 4. The highest BCUT2D eigenvalue weighted by Crippen LogP contribution is 2.28. The lowest BCUT2D eigenvalue weighted by Gasteiger charge is -2.25. The average molecular weight is 301 g/mol. The predicted octanol–water partition coefficient (Wildman–Crippen LogP) is 1.24. The van der Waals surface area contributed by atoms with Crippen molar-refractivity contribution in [3.05, 3.63) is 16.6 Å². The fourth-order valence-electron chi connectivity index (χ4n) is 1.89. The second kappa shape index (κ2) is 6.25. The van der Waals surface area contributed by atoms with Crippen molar-refractivity contribution >= 4 is 35.1 Å². The third kappa shape index (κ3) is 3.38. The minimum atomic E-state index is -0.952. The maximum atomic E-state index is 12.0. The molecule has 2 rings (SSSR count). The van der Waals surface area contributed by atoms with Crippen molar-refractivity contribution in [3.63, 3.8) is 0 Å². The molecule has 1 aliphatic heterocycles. The molecule has 104 valence electrons. The molecule has 0 spiro atoms. The lowest BCUT2D eigenvalue weighted by molar-refractivity contribution is -0.141. The number of hydrogen-bond acceptors (Lipinski definition) is 5. The third-order valence-corrected chi connectivity index (χ3v) is 4.90. The summed E-state index contributed by atoms with van der Waals surface area (Å²) in [6, 6.07) is -1.05. The number of aromatic nitrogens is 1. The van der Waals surface area contributed by atoms with Gasteiger partial charge in [-0.1, -0.05) is 0 Å². The quantitative estimate of drug-likeness (QED) is 0.874. The molecular weight excluding hydrogens is 286 g/mol. The number of aliphatic carboxylic acids is 1. The first kappa shape index (κ1) is 14.1. The van der Waals surface area contributed by atoms with Crippen LogP contribution >= 0.6 is 23.1 Å². The number of amides is 2. The highest BCUT2D eigenvalue weighted by molar-refractivity contribution is 8.00. The number of urea groups is 1. The van der Waals surface area contributed by atoms with Crippen molar-refractivity contribution in [2.24, 2.45) is 0 Å². The summed E-state index contributed by atoms with van der Waals surface area (Å²) in [5, 5.41) is 14.6. The molecule has 2 N–H and O–H groups in total. The molecule has 0 bridgehead atoms. The molecule has 0 saturated carbocycles. The van der Waals surface area contributed by atoms with Gasteiger partial charge in [-0.25, -0.2) is 14.6 Å². The average Bonchev–Trinajstić information content (AvgIpc) is 2.98. The molecule has 6 nitrogen and oxygen atoms in total. The van der Waals surface area contributed by atoms with Crippen LogP contribution in [-0.2, 0) is 11.2 Å². The number of carbonyl (C=O) groups excluding carboxylic acids is 1. The zero-order chi connectivity index (χ0) is 13.8. The summed E-state index contributed by atoms with van der Waals surface area (Å²) in [6.07, 6.45) is 2.39. The number of thiazole rings is 1. The van der Waals surface area contributed by atoms with Gasteiger partial charge in [-0.3, -0.25) is 4.90 Å². The Morgan fingerprint density at radius 1 is 1.63 bits per heavy atom. The first-order chi connectivity index (χ1) is 9.09. The molecule has 8 heteroatoms. The maximum Gasteiger partial charge on any atom is 0.327 e. The Morgan fingerprint density at radius 2 is 2.42 bits per heavy atom. The fraction of sp³-hybridized carbons (Fsp3) is 0.545. The van der Waals surface area contributed by atoms with Crippen LogP contribution in [0.15, 0.2) is 11.6 Å². The van der Waals surface area contributed by atoms with E-state index in [4.69, 9.17) is 5.11 Å². The molecule has 1 saturated heterocycles. The zero-order valence-corrected chi connectivity index (χ0v) is 12.0. The van der Waals surface area contributed by atoms with Gasteiger partial charge in [0.15, 0.2) is 0 Å². The lowest BCUT2D eigenvalue weighted by atomic mass is 10.3. The highest BCUT2D eigenvalue weighted by Gasteiger charge is 2.39. The molecule has 19 heavy (non-hydrogen) atoms. The van der Waals surface area contributed by atoms with Gasteiger partial charge >= 0.3 is 12.0 Å². The van der Waals surface area contributed by atoms with Gasteiger partial charge in [0.25, 0.3) is 0 Å². The summed E-state index contributed by atoms with van der Waals surface area (Å²) >= 11 is 3.01. The van der Waals surface area contributed by atoms with Gasteiger partial charge in [0.05, 0.1) is 10.4 Å². The van der Waals surface area contributed by atoms with Gasteiger partial charge in [0.1, 0.15) is 6.04 Å². The van der Waals surface area contributed by atoms with Gasteiger partial charge in [0, 0.05) is 30.3 Å². The van der Waals surface area contributed by atoms with Gasteiger partial charge in [0.2, 0.25) is 0 Å². The number of carboxylic acids is 1. The molecule has 1 fully saturated rings. The van der Waals surface area contributed by atoms with Crippen molar-refractivity contribution in [1.82, 2.24) is 15.2 Å². The second-order valence-corrected chi connectivity index (χ2v) is 6.43. The molecule has 0 aromatic carbocycles. The third-order valence-electron chi connectivity index (χ3n) is 2.84. The van der Waals surface area contributed by atoms with Crippen LogP contribution in [0.5, 0.6) is 0 Å². The van der Waals surface area contributed by atoms with E-state index in [0.29, 0.717) is 18.7 Å². The monoisotopic (exact) mass is 301 g/mol. The number of thioether (sulfide) groups is 1. The Kier molecular flexibility index (Phi) is 4.65. The smallest absolute Gasteiger partial charge is 0.327 e. The van der Waals surface area contributed by atoms with Crippen LogP contribution in [0, 0.1) is 0 Å². The van der Waals surface area contributed by atoms with E-state index in [-0.39, 0.29) is 11.4 Å². The van der Waals surface area contributed by atoms with E-state index in [1.165, 1.54) is 28.0 Å². The Bertz CT molecular complexity index is 452. The second-order valence-electron chi connectivity index (χ2n) is 4.10. The molecule has 2 amide bonds. The van der Waals surface area contributed by atoms with Crippen molar-refractivity contribution in [2.45, 2.75) is 24.8 Å². The molecule has 0 aliphatic carbocycles. The molecule has 2 heterocycles. The van der Waals surface area contributed by atoms with Crippen molar-refractivity contribution in [1.29, 1.82) is 0 Å². The molecule has 1 aromatic rings. The standard InChI is InChI=1S/C11H15N3O3S2/c1-7-14(8(6-19-7)10(15)16)11(17)13-3-2-9-12-4-5-18-9/h4-5,7-8H,2-3,6H2,1H3,(H,13,17)(H,15,16). The summed E-state index contributed by atoms with van der Waals surface area (Å²) in [7, 11) is 0. The Balaban J connectivity index is 1.86. The zero-order valence-electron chi connectivity index (χ0n) is 10.4. The molecule has 0 radical (unpaired) electrons. The number of nitrogens with one attached hydrogen (secondary N) is 1. The van der Waals surface area contributed by atoms with Crippen LogP contribution in [0.25, 0.3) is 0 Å². The molecule has 1 aromatic heterocycles. The van der Waals surface area contributed by atoms with E-state index in [9.17, 15) is 9.59 Å². The SMILES string of the molecule is CC1SCC(C(=O)O)N1C(=O)NCCc1nccs1. The summed E-state index contributed by atoms with van der Waals surface area (Å²) < 4.78 is 0. The summed E-state index contributed by atoms with van der Waals surface area (Å²) in [6.45, 7) is 2.31. The van der Waals surface area contributed by atoms with Crippen LogP contribution in [0.4, 0.5) is 4.79 Å². The van der Waals surface area contributed by atoms with Crippen LogP contribution in [0.3, 0.4) is 0 Å². The molecule has 2 unspecified atom stereocenters. The van der Waals surface area contributed by atoms with Crippen molar-refractivity contribution < 1.29 is 14.7 Å². The van der Waals surface area contributed by atoms with Gasteiger partial charge in [-0.05, 0) is 6.92 Å². The van der Waals surface area contributed by atoms with E-state index >= 15 is 0 Å². The van der Waals surface area contributed by atoms with E-state index in [1.807, 2.05) is 12.3 Å². The van der Waals surface area contributed by atoms with Crippen molar-refractivity contribution in [3.8, 4) is 0 Å². The predicted molar refractivity (Wildman–Crippen MR) is 74.4 cm³/mol. The first-order valence-electron chi connectivity index (χ1n) is 5.88. The summed E-state index contributed by atoms with van der Waals surface area (Å²) in [5.74, 6) is -0.511. The van der Waals surface area contributed by atoms with E-state index in [0.717, 1.165) is 5.01 Å². The molecule has 2 atom stereocenters. The number of hydrogen-bond donors (Lipinski definition) is 2. The largest absolute Gasteiger partial charge is 0.480 e. The molecular formula is C11H15N3O3S2.